The molecule has 0 bridgehead atoms. The molecule has 0 fully saturated rings. The van der Waals surface area contributed by atoms with E-state index in [1.165, 1.54) is 0 Å². The normalized spacial score (nSPS) is 10.7. The van der Waals surface area contributed by atoms with Crippen LogP contribution in [0.1, 0.15) is 26.5 Å². The first-order valence-corrected chi connectivity index (χ1v) is 6.75. The maximum absolute atomic E-state index is 12.1. The fourth-order valence-electron chi connectivity index (χ4n) is 1.73. The van der Waals surface area contributed by atoms with Crippen LogP contribution in [0.5, 0.6) is 0 Å². The Bertz CT molecular complexity index is 440. The number of carbonyl (C=O) groups excluding carboxylic acids is 2. The largest absolute Gasteiger partial charge is 0.359 e. The van der Waals surface area contributed by atoms with E-state index in [1.807, 2.05) is 31.9 Å². The molecule has 1 aromatic rings. The molecule has 100 valence electrons. The smallest absolute Gasteiger partial charge is 0.221 e. The third kappa shape index (κ3) is 4.23. The first kappa shape index (κ1) is 14.9. The molecule has 0 spiro atoms. The van der Waals surface area contributed by atoms with Gasteiger partial charge in [-0.15, -0.1) is 11.3 Å². The number of hydrogen-bond donors (Lipinski definition) is 1. The third-order valence-corrected chi connectivity index (χ3v) is 3.72. The number of nitrogens with zero attached hydrogens (tertiary/aromatic N) is 1. The molecule has 0 saturated carbocycles. The maximum atomic E-state index is 12.1. The number of hydrogen-bond acceptors (Lipinski definition) is 4. The van der Waals surface area contributed by atoms with E-state index in [1.54, 1.807) is 18.4 Å². The van der Waals surface area contributed by atoms with Crippen molar-refractivity contribution in [3.63, 3.8) is 0 Å². The molecule has 0 radical (unpaired) electrons. The molecule has 0 aromatic carbocycles. The Morgan fingerprint density at radius 3 is 2.56 bits per heavy atom. The minimum atomic E-state index is -0.00291. The van der Waals surface area contributed by atoms with Crippen molar-refractivity contribution in [2.45, 2.75) is 20.3 Å². The highest BCUT2D eigenvalue weighted by Gasteiger charge is 2.14. The minimum Gasteiger partial charge on any atom is -0.359 e. The van der Waals surface area contributed by atoms with Gasteiger partial charge in [-0.25, -0.2) is 0 Å². The van der Waals surface area contributed by atoms with Crippen molar-refractivity contribution in [2.75, 3.05) is 27.2 Å². The molecular weight excluding hydrogens is 248 g/mol. The number of nitrogens with one attached hydrogen (secondary N) is 1. The predicted molar refractivity (Wildman–Crippen MR) is 74.3 cm³/mol. The van der Waals surface area contributed by atoms with Gasteiger partial charge >= 0.3 is 0 Å². The van der Waals surface area contributed by atoms with Crippen LogP contribution in [0.25, 0.3) is 0 Å². The summed E-state index contributed by atoms with van der Waals surface area (Å²) in [4.78, 5) is 27.3. The minimum absolute atomic E-state index is 0.00291. The van der Waals surface area contributed by atoms with Crippen LogP contribution in [-0.2, 0) is 4.79 Å². The number of carbonyl (C=O) groups is 2. The second-order valence-electron chi connectivity index (χ2n) is 4.41. The van der Waals surface area contributed by atoms with Crippen molar-refractivity contribution in [1.29, 1.82) is 0 Å². The quantitative estimate of drug-likeness (QED) is 0.798. The highest BCUT2D eigenvalue weighted by atomic mass is 32.1. The van der Waals surface area contributed by atoms with Crippen molar-refractivity contribution in [3.8, 4) is 0 Å². The third-order valence-electron chi connectivity index (χ3n) is 2.75. The molecule has 1 N–H and O–H groups in total. The van der Waals surface area contributed by atoms with E-state index in [0.717, 1.165) is 15.3 Å². The Hall–Kier alpha value is -1.20. The van der Waals surface area contributed by atoms with Crippen molar-refractivity contribution in [1.82, 2.24) is 10.2 Å². The van der Waals surface area contributed by atoms with E-state index < -0.39 is 0 Å². The Kier molecular flexibility index (Phi) is 5.50. The molecule has 0 atom stereocenters. The van der Waals surface area contributed by atoms with Gasteiger partial charge in [0.15, 0.2) is 5.78 Å². The van der Waals surface area contributed by atoms with Crippen LogP contribution < -0.4 is 5.32 Å². The lowest BCUT2D eigenvalue weighted by Gasteiger charge is -2.14. The number of ketones is 1. The SMILES string of the molecule is CNC(=O)CCN(C)CC(=O)c1cc(C)sc1C. The van der Waals surface area contributed by atoms with Crippen LogP contribution >= 0.6 is 11.3 Å². The topological polar surface area (TPSA) is 49.4 Å². The summed E-state index contributed by atoms with van der Waals surface area (Å²) in [6, 6.07) is 1.94. The average molecular weight is 268 g/mol. The van der Waals surface area contributed by atoms with Gasteiger partial charge in [-0.05, 0) is 27.0 Å². The Labute approximate surface area is 112 Å². The molecule has 4 nitrogen and oxygen atoms in total. The summed E-state index contributed by atoms with van der Waals surface area (Å²) in [5.41, 5.74) is 0.810. The summed E-state index contributed by atoms with van der Waals surface area (Å²) < 4.78 is 0. The van der Waals surface area contributed by atoms with Crippen LogP contribution in [0.2, 0.25) is 0 Å². The van der Waals surface area contributed by atoms with E-state index in [-0.39, 0.29) is 11.7 Å². The number of aryl methyl sites for hydroxylation is 2. The number of thiophene rings is 1. The lowest BCUT2D eigenvalue weighted by atomic mass is 10.1. The average Bonchev–Trinajstić information content (AvgIpc) is 2.65. The molecule has 1 aromatic heterocycles. The molecule has 18 heavy (non-hydrogen) atoms. The number of Topliss-reactive ketones (excluding diaryl/α,β-unsaturated/α-hetero) is 1. The summed E-state index contributed by atoms with van der Waals surface area (Å²) in [5, 5.41) is 2.57. The zero-order chi connectivity index (χ0) is 13.7. The number of amides is 1. The van der Waals surface area contributed by atoms with E-state index in [9.17, 15) is 9.59 Å². The zero-order valence-electron chi connectivity index (χ0n) is 11.4. The lowest BCUT2D eigenvalue weighted by Crippen LogP contribution is -2.30. The van der Waals surface area contributed by atoms with Gasteiger partial charge in [0.05, 0.1) is 6.54 Å². The molecule has 1 amide bonds. The molecular formula is C13H20N2O2S. The molecule has 5 heteroatoms. The van der Waals surface area contributed by atoms with Crippen LogP contribution in [-0.4, -0.2) is 43.8 Å². The van der Waals surface area contributed by atoms with Crippen molar-refractivity contribution in [3.05, 3.63) is 21.4 Å². The van der Waals surface area contributed by atoms with Gasteiger partial charge in [0.25, 0.3) is 0 Å². The van der Waals surface area contributed by atoms with E-state index >= 15 is 0 Å². The first-order chi connectivity index (χ1) is 8.43. The zero-order valence-corrected chi connectivity index (χ0v) is 12.2. The summed E-state index contributed by atoms with van der Waals surface area (Å²) >= 11 is 1.64. The van der Waals surface area contributed by atoms with E-state index in [2.05, 4.69) is 5.32 Å². The Morgan fingerprint density at radius 2 is 2.06 bits per heavy atom. The van der Waals surface area contributed by atoms with Gasteiger partial charge in [0, 0.05) is 35.3 Å². The second-order valence-corrected chi connectivity index (χ2v) is 5.87. The van der Waals surface area contributed by atoms with Crippen LogP contribution in [0.3, 0.4) is 0 Å². The van der Waals surface area contributed by atoms with Crippen LogP contribution in [0.4, 0.5) is 0 Å². The number of likely N-dealkylation sites (N-methyl/N-ethyl adjacent to an activating group) is 1. The second kappa shape index (κ2) is 6.66. The monoisotopic (exact) mass is 268 g/mol. The summed E-state index contributed by atoms with van der Waals surface area (Å²) in [7, 11) is 3.47. The molecule has 0 saturated heterocycles. The van der Waals surface area contributed by atoms with Gasteiger partial charge in [-0.2, -0.15) is 0 Å². The van der Waals surface area contributed by atoms with Gasteiger partial charge in [0.1, 0.15) is 0 Å². The number of rotatable bonds is 6. The standard InChI is InChI=1S/C13H20N2O2S/c1-9-7-11(10(2)18-9)12(16)8-15(4)6-5-13(17)14-3/h7H,5-6,8H2,1-4H3,(H,14,17). The highest BCUT2D eigenvalue weighted by molar-refractivity contribution is 7.12. The summed E-state index contributed by atoms with van der Waals surface area (Å²) in [6.45, 7) is 4.92. The van der Waals surface area contributed by atoms with Crippen molar-refractivity contribution < 1.29 is 9.59 Å². The first-order valence-electron chi connectivity index (χ1n) is 5.93. The molecule has 0 unspecified atom stereocenters. The molecule has 1 heterocycles. The lowest BCUT2D eigenvalue weighted by molar-refractivity contribution is -0.120. The van der Waals surface area contributed by atoms with Gasteiger partial charge < -0.3 is 5.32 Å². The van der Waals surface area contributed by atoms with Crippen LogP contribution in [0.15, 0.2) is 6.07 Å². The maximum Gasteiger partial charge on any atom is 0.221 e. The fourth-order valence-corrected chi connectivity index (χ4v) is 2.68. The van der Waals surface area contributed by atoms with Gasteiger partial charge in [-0.3, -0.25) is 14.5 Å². The van der Waals surface area contributed by atoms with Gasteiger partial charge in [0.2, 0.25) is 5.91 Å². The van der Waals surface area contributed by atoms with Crippen LogP contribution in [0, 0.1) is 13.8 Å². The van der Waals surface area contributed by atoms with Crippen molar-refractivity contribution in [2.24, 2.45) is 0 Å². The van der Waals surface area contributed by atoms with E-state index in [4.69, 9.17) is 0 Å². The molecule has 1 rings (SSSR count). The molecule has 0 aliphatic carbocycles. The molecule has 0 aliphatic rings. The van der Waals surface area contributed by atoms with Crippen molar-refractivity contribution >= 4 is 23.0 Å². The fraction of sp³-hybridized carbons (Fsp3) is 0.538. The summed E-state index contributed by atoms with van der Waals surface area (Å²) in [5.74, 6) is 0.119. The Balaban J connectivity index is 2.49. The van der Waals surface area contributed by atoms with E-state index in [0.29, 0.717) is 19.5 Å². The molecule has 0 aliphatic heterocycles. The summed E-state index contributed by atoms with van der Waals surface area (Å²) in [6.07, 6.45) is 0.419. The highest BCUT2D eigenvalue weighted by Crippen LogP contribution is 2.21. The predicted octanol–water partition coefficient (Wildman–Crippen LogP) is 1.62. The Morgan fingerprint density at radius 1 is 1.39 bits per heavy atom. The van der Waals surface area contributed by atoms with Gasteiger partial charge in [-0.1, -0.05) is 0 Å².